The maximum atomic E-state index is 13.5. The van der Waals surface area contributed by atoms with Crippen LogP contribution in [-0.2, 0) is 20.5 Å². The first kappa shape index (κ1) is 20.4. The molecule has 0 unspecified atom stereocenters. The van der Waals surface area contributed by atoms with Crippen molar-refractivity contribution in [1.29, 1.82) is 0 Å². The average Bonchev–Trinajstić information content (AvgIpc) is 2.92. The number of esters is 1. The molecule has 0 aliphatic heterocycles. The smallest absolute Gasteiger partial charge is 0.405 e. The van der Waals surface area contributed by atoms with E-state index in [2.05, 4.69) is 9.46 Å². The highest BCUT2D eigenvalue weighted by molar-refractivity contribution is 7.84. The van der Waals surface area contributed by atoms with E-state index in [-0.39, 0.29) is 12.3 Å². The summed E-state index contributed by atoms with van der Waals surface area (Å²) in [7, 11) is -0.852. The second-order valence-electron chi connectivity index (χ2n) is 7.03. The molecule has 0 aromatic rings. The fourth-order valence-corrected chi connectivity index (χ4v) is 3.68. The number of alkyl halides is 3. The number of hydrogen-bond donors (Lipinski definition) is 1. The minimum absolute atomic E-state index is 0.0776. The molecule has 0 radical (unpaired) electrons. The normalized spacial score (nSPS) is 21.0. The van der Waals surface area contributed by atoms with E-state index >= 15 is 0 Å². The number of halogens is 3. The second kappa shape index (κ2) is 7.96. The largest absolute Gasteiger partial charge is 0.469 e. The highest BCUT2D eigenvalue weighted by Gasteiger charge is 2.50. The first-order valence-electron chi connectivity index (χ1n) is 7.79. The van der Waals surface area contributed by atoms with Crippen molar-refractivity contribution >= 4 is 17.0 Å². The summed E-state index contributed by atoms with van der Waals surface area (Å²) in [6.45, 7) is 4.73. The molecular weight excluding hydrogens is 331 g/mol. The van der Waals surface area contributed by atoms with Crippen LogP contribution >= 0.6 is 0 Å². The standard InChI is InChI=1S/C15H26F3NO3S/c1-14(2,3)23(21)19-12(15(16,17)18)11(13(20)22-4)9-10-7-5-6-8-10/h10-12,19H,5-9H2,1-4H3/t11-,12-,23-/m1/s1. The first-order valence-corrected chi connectivity index (χ1v) is 8.94. The zero-order valence-corrected chi connectivity index (χ0v) is 14.9. The molecule has 0 spiro atoms. The van der Waals surface area contributed by atoms with Gasteiger partial charge in [-0.25, -0.2) is 8.93 Å². The van der Waals surface area contributed by atoms with E-state index in [0.717, 1.165) is 32.8 Å². The van der Waals surface area contributed by atoms with E-state index in [1.54, 1.807) is 20.8 Å². The number of carbonyl (C=O) groups excluding carboxylic acids is 1. The van der Waals surface area contributed by atoms with Gasteiger partial charge >= 0.3 is 12.1 Å². The van der Waals surface area contributed by atoms with Crippen LogP contribution in [0.3, 0.4) is 0 Å². The molecule has 1 fully saturated rings. The maximum Gasteiger partial charge on any atom is 0.405 e. The van der Waals surface area contributed by atoms with E-state index in [0.29, 0.717) is 0 Å². The van der Waals surface area contributed by atoms with Gasteiger partial charge in [-0.2, -0.15) is 13.2 Å². The number of ether oxygens (including phenoxy) is 1. The van der Waals surface area contributed by atoms with Crippen molar-refractivity contribution < 1.29 is 26.9 Å². The van der Waals surface area contributed by atoms with Gasteiger partial charge in [0, 0.05) is 0 Å². The quantitative estimate of drug-likeness (QED) is 0.742. The summed E-state index contributed by atoms with van der Waals surface area (Å²) in [5, 5.41) is 0. The van der Waals surface area contributed by atoms with Crippen molar-refractivity contribution in [1.82, 2.24) is 4.72 Å². The molecule has 1 N–H and O–H groups in total. The minimum atomic E-state index is -4.68. The van der Waals surface area contributed by atoms with Gasteiger partial charge in [0.1, 0.15) is 6.04 Å². The summed E-state index contributed by atoms with van der Waals surface area (Å²) >= 11 is 0. The molecule has 0 saturated heterocycles. The Labute approximate surface area is 138 Å². The number of hydrogen-bond acceptors (Lipinski definition) is 3. The molecule has 0 bridgehead atoms. The lowest BCUT2D eigenvalue weighted by Crippen LogP contribution is -2.54. The zero-order valence-electron chi connectivity index (χ0n) is 14.0. The fourth-order valence-electron chi connectivity index (χ4n) is 2.79. The third-order valence-corrected chi connectivity index (χ3v) is 5.69. The Kier molecular flexibility index (Phi) is 7.07. The molecule has 4 nitrogen and oxygen atoms in total. The maximum absolute atomic E-state index is 13.5. The molecule has 3 atom stereocenters. The van der Waals surface area contributed by atoms with Gasteiger partial charge in [0.25, 0.3) is 0 Å². The van der Waals surface area contributed by atoms with E-state index in [1.165, 1.54) is 0 Å². The van der Waals surface area contributed by atoms with Crippen LogP contribution in [0.1, 0.15) is 52.9 Å². The van der Waals surface area contributed by atoms with Gasteiger partial charge in [0.2, 0.25) is 0 Å². The molecule has 1 aliphatic rings. The van der Waals surface area contributed by atoms with Gasteiger partial charge in [-0.1, -0.05) is 25.7 Å². The van der Waals surface area contributed by atoms with Crippen LogP contribution in [0.25, 0.3) is 0 Å². The molecule has 136 valence electrons. The zero-order chi connectivity index (χ0) is 17.8. The van der Waals surface area contributed by atoms with Crippen molar-refractivity contribution in [3.05, 3.63) is 0 Å². The molecule has 1 rings (SSSR count). The third kappa shape index (κ3) is 6.06. The van der Waals surface area contributed by atoms with Crippen LogP contribution < -0.4 is 4.72 Å². The highest BCUT2D eigenvalue weighted by Crippen LogP contribution is 2.36. The molecular formula is C15H26F3NO3S. The first-order chi connectivity index (χ1) is 10.5. The van der Waals surface area contributed by atoms with Crippen LogP contribution in [0, 0.1) is 11.8 Å². The van der Waals surface area contributed by atoms with E-state index in [4.69, 9.17) is 0 Å². The Morgan fingerprint density at radius 2 is 1.78 bits per heavy atom. The van der Waals surface area contributed by atoms with Gasteiger partial charge < -0.3 is 4.74 Å². The van der Waals surface area contributed by atoms with E-state index < -0.39 is 39.8 Å². The summed E-state index contributed by atoms with van der Waals surface area (Å²) < 4.78 is 58.4. The average molecular weight is 357 g/mol. The molecule has 0 aromatic carbocycles. The van der Waals surface area contributed by atoms with E-state index in [1.807, 2.05) is 0 Å². The third-order valence-electron chi connectivity index (χ3n) is 4.11. The summed E-state index contributed by atoms with van der Waals surface area (Å²) in [5.41, 5.74) is 0. The minimum Gasteiger partial charge on any atom is -0.469 e. The van der Waals surface area contributed by atoms with Crippen molar-refractivity contribution in [2.24, 2.45) is 11.8 Å². The predicted molar refractivity (Wildman–Crippen MR) is 83.0 cm³/mol. The lowest BCUT2D eigenvalue weighted by Gasteiger charge is -2.31. The number of methoxy groups -OCH3 is 1. The molecule has 8 heteroatoms. The van der Waals surface area contributed by atoms with Crippen molar-refractivity contribution in [2.75, 3.05) is 7.11 Å². The summed E-state index contributed by atoms with van der Waals surface area (Å²) in [4.78, 5) is 12.0. The second-order valence-corrected chi connectivity index (χ2v) is 9.03. The van der Waals surface area contributed by atoms with Crippen LogP contribution in [0.5, 0.6) is 0 Å². The lowest BCUT2D eigenvalue weighted by molar-refractivity contribution is -0.178. The van der Waals surface area contributed by atoms with Gasteiger partial charge in [-0.15, -0.1) is 0 Å². The number of carbonyl (C=O) groups is 1. The van der Waals surface area contributed by atoms with Crippen molar-refractivity contribution in [2.45, 2.75) is 69.8 Å². The monoisotopic (exact) mass is 357 g/mol. The molecule has 1 aliphatic carbocycles. The Morgan fingerprint density at radius 1 is 1.26 bits per heavy atom. The Balaban J connectivity index is 3.01. The topological polar surface area (TPSA) is 55.4 Å². The van der Waals surface area contributed by atoms with Crippen LogP contribution in [0.4, 0.5) is 13.2 Å². The Hall–Kier alpha value is -0.630. The van der Waals surface area contributed by atoms with Gasteiger partial charge in [0.15, 0.2) is 0 Å². The van der Waals surface area contributed by atoms with E-state index in [9.17, 15) is 22.2 Å². The van der Waals surface area contributed by atoms with Crippen molar-refractivity contribution in [3.63, 3.8) is 0 Å². The Bertz CT molecular complexity index is 429. The van der Waals surface area contributed by atoms with Crippen LogP contribution in [0.15, 0.2) is 0 Å². The van der Waals surface area contributed by atoms with Gasteiger partial charge in [0.05, 0.1) is 28.8 Å². The number of rotatable bonds is 6. The molecule has 0 heterocycles. The molecule has 0 aromatic heterocycles. The summed E-state index contributed by atoms with van der Waals surface area (Å²) in [5.74, 6) is -2.21. The highest BCUT2D eigenvalue weighted by atomic mass is 32.2. The molecule has 23 heavy (non-hydrogen) atoms. The van der Waals surface area contributed by atoms with Crippen LogP contribution in [0.2, 0.25) is 0 Å². The molecule has 0 amide bonds. The SMILES string of the molecule is COC(=O)[C@H](CC1CCCC1)[C@@H](N[S@](=O)C(C)(C)C)C(F)(F)F. The van der Waals surface area contributed by atoms with Gasteiger partial charge in [-0.05, 0) is 33.1 Å². The number of nitrogens with one attached hydrogen (secondary N) is 1. The lowest BCUT2D eigenvalue weighted by atomic mass is 9.88. The van der Waals surface area contributed by atoms with Crippen molar-refractivity contribution in [3.8, 4) is 0 Å². The summed E-state index contributed by atoms with van der Waals surface area (Å²) in [6, 6.07) is -2.17. The summed E-state index contributed by atoms with van der Waals surface area (Å²) in [6.07, 6.45) is -1.00. The van der Waals surface area contributed by atoms with Gasteiger partial charge in [-0.3, -0.25) is 4.79 Å². The predicted octanol–water partition coefficient (Wildman–Crippen LogP) is 3.34. The Morgan fingerprint density at radius 3 is 2.17 bits per heavy atom. The fraction of sp³-hybridized carbons (Fsp3) is 0.933. The molecule has 1 saturated carbocycles. The van der Waals surface area contributed by atoms with Crippen LogP contribution in [-0.4, -0.2) is 34.3 Å².